The summed E-state index contributed by atoms with van der Waals surface area (Å²) in [4.78, 5) is 4.09. The summed E-state index contributed by atoms with van der Waals surface area (Å²) in [6, 6.07) is 4.59. The summed E-state index contributed by atoms with van der Waals surface area (Å²) in [5.74, 6) is -0.404. The highest BCUT2D eigenvalue weighted by atomic mass is 35.5. The highest BCUT2D eigenvalue weighted by Crippen LogP contribution is 2.17. The molecule has 0 aromatic carbocycles. The van der Waals surface area contributed by atoms with Crippen molar-refractivity contribution >= 4 is 28.8 Å². The SMILES string of the molecule is NC(=S)c1cccn1-c1ncc(Cl)cc1F. The van der Waals surface area contributed by atoms with E-state index in [9.17, 15) is 4.39 Å². The van der Waals surface area contributed by atoms with Gasteiger partial charge in [0.15, 0.2) is 11.6 Å². The minimum atomic E-state index is -0.527. The average Bonchev–Trinajstić information content (AvgIpc) is 2.66. The second-order valence-electron chi connectivity index (χ2n) is 3.09. The van der Waals surface area contributed by atoms with Gasteiger partial charge in [-0.2, -0.15) is 0 Å². The normalized spacial score (nSPS) is 10.4. The molecule has 0 radical (unpaired) electrons. The van der Waals surface area contributed by atoms with E-state index in [0.717, 1.165) is 0 Å². The Morgan fingerprint density at radius 2 is 2.31 bits per heavy atom. The molecule has 3 nitrogen and oxygen atoms in total. The Hall–Kier alpha value is -1.46. The predicted octanol–water partition coefficient (Wildman–Crippen LogP) is 2.30. The molecule has 0 fully saturated rings. The molecule has 0 spiro atoms. The van der Waals surface area contributed by atoms with Gasteiger partial charge in [0.25, 0.3) is 0 Å². The third kappa shape index (κ3) is 1.91. The maximum absolute atomic E-state index is 13.6. The first-order chi connectivity index (χ1) is 7.59. The zero-order valence-corrected chi connectivity index (χ0v) is 9.60. The number of nitrogens with two attached hydrogens (primary N) is 1. The number of pyridine rings is 1. The van der Waals surface area contributed by atoms with Gasteiger partial charge in [-0.05, 0) is 18.2 Å². The monoisotopic (exact) mass is 255 g/mol. The molecule has 2 aromatic rings. The molecular weight excluding hydrogens is 249 g/mol. The van der Waals surface area contributed by atoms with Gasteiger partial charge in [0, 0.05) is 12.4 Å². The Bertz CT molecular complexity index is 553. The van der Waals surface area contributed by atoms with Gasteiger partial charge in [-0.3, -0.25) is 4.57 Å². The molecule has 0 aliphatic heterocycles. The maximum Gasteiger partial charge on any atom is 0.173 e. The Labute approximate surface area is 102 Å². The summed E-state index contributed by atoms with van der Waals surface area (Å²) >= 11 is 10.5. The standard InChI is InChI=1S/C10H7ClFN3S/c11-6-4-7(12)10(14-5-6)15-3-1-2-8(15)9(13)16/h1-5H,(H2,13,16). The van der Waals surface area contributed by atoms with E-state index in [0.29, 0.717) is 5.69 Å². The third-order valence-electron chi connectivity index (χ3n) is 2.02. The van der Waals surface area contributed by atoms with Crippen LogP contribution in [-0.4, -0.2) is 14.5 Å². The molecule has 2 heterocycles. The topological polar surface area (TPSA) is 43.8 Å². The fraction of sp³-hybridized carbons (Fsp3) is 0. The van der Waals surface area contributed by atoms with Crippen molar-refractivity contribution in [2.24, 2.45) is 5.73 Å². The number of rotatable bonds is 2. The van der Waals surface area contributed by atoms with Gasteiger partial charge in [-0.1, -0.05) is 23.8 Å². The van der Waals surface area contributed by atoms with Crippen LogP contribution in [0.25, 0.3) is 5.82 Å². The highest BCUT2D eigenvalue weighted by Gasteiger charge is 2.11. The molecule has 0 saturated carbocycles. The fourth-order valence-electron chi connectivity index (χ4n) is 1.35. The van der Waals surface area contributed by atoms with E-state index < -0.39 is 5.82 Å². The molecule has 2 N–H and O–H groups in total. The van der Waals surface area contributed by atoms with E-state index in [1.165, 1.54) is 16.8 Å². The first kappa shape index (κ1) is 11.0. The van der Waals surface area contributed by atoms with Crippen LogP contribution in [0, 0.1) is 5.82 Å². The summed E-state index contributed by atoms with van der Waals surface area (Å²) in [5, 5.41) is 0.241. The van der Waals surface area contributed by atoms with Gasteiger partial charge in [0.2, 0.25) is 0 Å². The Balaban J connectivity index is 2.59. The summed E-state index contributed by atoms with van der Waals surface area (Å²) < 4.78 is 15.1. The lowest BCUT2D eigenvalue weighted by atomic mass is 10.4. The van der Waals surface area contributed by atoms with E-state index in [1.807, 2.05) is 0 Å². The number of thiocarbonyl (C=S) groups is 1. The molecule has 2 aromatic heterocycles. The first-order valence-electron chi connectivity index (χ1n) is 4.38. The molecular formula is C10H7ClFN3S. The number of hydrogen-bond acceptors (Lipinski definition) is 2. The lowest BCUT2D eigenvalue weighted by Crippen LogP contribution is -2.15. The van der Waals surface area contributed by atoms with Crippen molar-refractivity contribution in [3.8, 4) is 5.82 Å². The van der Waals surface area contributed by atoms with Gasteiger partial charge in [-0.25, -0.2) is 9.37 Å². The fourth-order valence-corrected chi connectivity index (χ4v) is 1.66. The molecule has 6 heteroatoms. The quantitative estimate of drug-likeness (QED) is 0.838. The summed E-state index contributed by atoms with van der Waals surface area (Å²) in [7, 11) is 0. The molecule has 0 atom stereocenters. The van der Waals surface area contributed by atoms with Crippen LogP contribution < -0.4 is 5.73 Å². The van der Waals surface area contributed by atoms with Crippen LogP contribution >= 0.6 is 23.8 Å². The summed E-state index contributed by atoms with van der Waals surface area (Å²) in [5.41, 5.74) is 6.04. The van der Waals surface area contributed by atoms with Gasteiger partial charge in [0.1, 0.15) is 4.99 Å². The molecule has 16 heavy (non-hydrogen) atoms. The molecule has 0 bridgehead atoms. The van der Waals surface area contributed by atoms with Crippen molar-refractivity contribution in [3.05, 3.63) is 47.1 Å². The predicted molar refractivity (Wildman–Crippen MR) is 64.4 cm³/mol. The van der Waals surface area contributed by atoms with E-state index in [-0.39, 0.29) is 15.8 Å². The highest BCUT2D eigenvalue weighted by molar-refractivity contribution is 7.80. The van der Waals surface area contributed by atoms with Crippen molar-refractivity contribution in [2.75, 3.05) is 0 Å². The number of halogens is 2. The molecule has 0 unspecified atom stereocenters. The molecule has 0 aliphatic rings. The van der Waals surface area contributed by atoms with Crippen molar-refractivity contribution < 1.29 is 4.39 Å². The van der Waals surface area contributed by atoms with Crippen molar-refractivity contribution in [2.45, 2.75) is 0 Å². The van der Waals surface area contributed by atoms with Crippen molar-refractivity contribution in [1.82, 2.24) is 9.55 Å². The molecule has 82 valence electrons. The van der Waals surface area contributed by atoms with Crippen LogP contribution in [0.15, 0.2) is 30.6 Å². The van der Waals surface area contributed by atoms with Crippen LogP contribution in [0.4, 0.5) is 4.39 Å². The lowest BCUT2D eigenvalue weighted by molar-refractivity contribution is 0.609. The van der Waals surface area contributed by atoms with Gasteiger partial charge >= 0.3 is 0 Å². The van der Waals surface area contributed by atoms with Gasteiger partial charge < -0.3 is 5.73 Å². The lowest BCUT2D eigenvalue weighted by Gasteiger charge is -2.07. The number of aromatic nitrogens is 2. The molecule has 0 aliphatic carbocycles. The third-order valence-corrected chi connectivity index (χ3v) is 2.43. The van der Waals surface area contributed by atoms with Crippen molar-refractivity contribution in [3.63, 3.8) is 0 Å². The molecule has 2 rings (SSSR count). The average molecular weight is 256 g/mol. The molecule has 0 amide bonds. The van der Waals surface area contributed by atoms with Crippen molar-refractivity contribution in [1.29, 1.82) is 0 Å². The van der Waals surface area contributed by atoms with E-state index in [2.05, 4.69) is 4.98 Å². The van der Waals surface area contributed by atoms with Gasteiger partial charge in [-0.15, -0.1) is 0 Å². The zero-order chi connectivity index (χ0) is 11.7. The van der Waals surface area contributed by atoms with Crippen LogP contribution in [0.3, 0.4) is 0 Å². The Morgan fingerprint density at radius 1 is 1.56 bits per heavy atom. The zero-order valence-electron chi connectivity index (χ0n) is 8.02. The number of hydrogen-bond donors (Lipinski definition) is 1. The van der Waals surface area contributed by atoms with E-state index in [4.69, 9.17) is 29.6 Å². The first-order valence-corrected chi connectivity index (χ1v) is 5.17. The summed E-state index contributed by atoms with van der Waals surface area (Å²) in [6.07, 6.45) is 3.00. The minimum absolute atomic E-state index is 0.122. The number of nitrogens with zero attached hydrogens (tertiary/aromatic N) is 2. The minimum Gasteiger partial charge on any atom is -0.388 e. The van der Waals surface area contributed by atoms with E-state index in [1.54, 1.807) is 18.3 Å². The Morgan fingerprint density at radius 3 is 2.94 bits per heavy atom. The second-order valence-corrected chi connectivity index (χ2v) is 3.96. The van der Waals surface area contributed by atoms with Crippen LogP contribution in [0.5, 0.6) is 0 Å². The van der Waals surface area contributed by atoms with Crippen LogP contribution in [-0.2, 0) is 0 Å². The van der Waals surface area contributed by atoms with E-state index >= 15 is 0 Å². The van der Waals surface area contributed by atoms with Gasteiger partial charge in [0.05, 0.1) is 10.7 Å². The largest absolute Gasteiger partial charge is 0.388 e. The van der Waals surface area contributed by atoms with Crippen LogP contribution in [0.2, 0.25) is 5.02 Å². The molecule has 0 saturated heterocycles. The smallest absolute Gasteiger partial charge is 0.173 e. The Kier molecular flexibility index (Phi) is 2.89. The summed E-state index contributed by atoms with van der Waals surface area (Å²) in [6.45, 7) is 0. The van der Waals surface area contributed by atoms with Crippen LogP contribution in [0.1, 0.15) is 5.69 Å². The maximum atomic E-state index is 13.6. The second kappa shape index (κ2) is 4.19.